The number of nitrogens with one attached hydrogen (secondary N) is 2. The fourth-order valence-electron chi connectivity index (χ4n) is 3.68. The Kier molecular flexibility index (Phi) is 4.66. The quantitative estimate of drug-likeness (QED) is 0.377. The van der Waals surface area contributed by atoms with Gasteiger partial charge in [0.25, 0.3) is 5.91 Å². The Hall–Kier alpha value is -4.13. The van der Waals surface area contributed by atoms with Crippen LogP contribution in [0.1, 0.15) is 27.9 Å². The van der Waals surface area contributed by atoms with Crippen LogP contribution in [0.5, 0.6) is 0 Å². The van der Waals surface area contributed by atoms with Crippen LogP contribution >= 0.6 is 0 Å². The number of nitrogens with zero attached hydrogens (tertiary/aromatic N) is 1. The van der Waals surface area contributed by atoms with Crippen LogP contribution in [0.4, 0.5) is 18.9 Å². The molecule has 0 unspecified atom stereocenters. The number of hydrogen-bond donors (Lipinski definition) is 2. The van der Waals surface area contributed by atoms with E-state index in [0.717, 1.165) is 39.8 Å². The van der Waals surface area contributed by atoms with E-state index in [0.29, 0.717) is 16.8 Å². The van der Waals surface area contributed by atoms with Crippen molar-refractivity contribution in [1.29, 1.82) is 0 Å². The molecule has 5 rings (SSSR count). The number of H-pyrrole nitrogens is 1. The maximum Gasteiger partial charge on any atom is 0.416 e. The number of carbonyl (C=O) groups excluding carboxylic acids is 1. The summed E-state index contributed by atoms with van der Waals surface area (Å²) in [4.78, 5) is 12.3. The minimum Gasteiger partial charge on any atom is -0.321 e. The summed E-state index contributed by atoms with van der Waals surface area (Å²) in [5.74, 6) is -0.143. The fraction of sp³-hybridized carbons (Fsp3) is 0.0400. The first-order valence-electron chi connectivity index (χ1n) is 9.84. The average Bonchev–Trinajstić information content (AvgIpc) is 3.32. The minimum absolute atomic E-state index is 0.143. The Balaban J connectivity index is 1.41. The number of anilines is 1. The maximum absolute atomic E-state index is 12.7. The molecule has 7 heteroatoms. The molecule has 32 heavy (non-hydrogen) atoms. The Morgan fingerprint density at radius 3 is 2.41 bits per heavy atom. The van der Waals surface area contributed by atoms with E-state index in [2.05, 4.69) is 15.5 Å². The van der Waals surface area contributed by atoms with Crippen molar-refractivity contribution in [3.63, 3.8) is 0 Å². The number of para-hydroxylation sites is 1. The molecule has 4 aromatic rings. The lowest BCUT2D eigenvalue weighted by Gasteiger charge is -2.05. The number of benzene rings is 3. The van der Waals surface area contributed by atoms with Crippen LogP contribution in [-0.2, 0) is 11.0 Å². The van der Waals surface area contributed by atoms with E-state index in [1.807, 2.05) is 48.5 Å². The van der Waals surface area contributed by atoms with Crippen molar-refractivity contribution in [3.8, 4) is 0 Å². The van der Waals surface area contributed by atoms with Gasteiger partial charge in [-0.05, 0) is 53.6 Å². The Labute approximate surface area is 181 Å². The topological polar surface area (TPSA) is 57.8 Å². The van der Waals surface area contributed by atoms with Crippen LogP contribution in [0.2, 0.25) is 0 Å². The second kappa shape index (κ2) is 7.53. The van der Waals surface area contributed by atoms with E-state index in [-0.39, 0.29) is 5.91 Å². The van der Waals surface area contributed by atoms with E-state index in [1.54, 1.807) is 12.2 Å². The van der Waals surface area contributed by atoms with Crippen LogP contribution in [0.25, 0.3) is 34.7 Å². The molecule has 158 valence electrons. The Bertz CT molecular complexity index is 1400. The summed E-state index contributed by atoms with van der Waals surface area (Å²) in [6, 6.07) is 18.2. The van der Waals surface area contributed by atoms with Gasteiger partial charge in [-0.25, -0.2) is 0 Å². The lowest BCUT2D eigenvalue weighted by molar-refractivity contribution is -0.137. The highest BCUT2D eigenvalue weighted by Gasteiger charge is 2.29. The highest BCUT2D eigenvalue weighted by atomic mass is 19.4. The molecular formula is C25H16F3N3O. The summed E-state index contributed by atoms with van der Waals surface area (Å²) < 4.78 is 38.1. The number of hydrogen-bond acceptors (Lipinski definition) is 2. The molecule has 0 fully saturated rings. The minimum atomic E-state index is -4.35. The molecule has 1 aliphatic rings. The smallest absolute Gasteiger partial charge is 0.321 e. The molecule has 3 aromatic carbocycles. The lowest BCUT2D eigenvalue weighted by Crippen LogP contribution is -2.03. The molecule has 0 atom stereocenters. The number of aromatic amines is 1. The third kappa shape index (κ3) is 3.69. The van der Waals surface area contributed by atoms with E-state index in [4.69, 9.17) is 0 Å². The Morgan fingerprint density at radius 2 is 1.62 bits per heavy atom. The van der Waals surface area contributed by atoms with Crippen molar-refractivity contribution in [2.45, 2.75) is 6.18 Å². The highest BCUT2D eigenvalue weighted by molar-refractivity contribution is 6.34. The van der Waals surface area contributed by atoms with Crippen LogP contribution in [0.3, 0.4) is 0 Å². The molecule has 0 spiro atoms. The zero-order valence-corrected chi connectivity index (χ0v) is 16.6. The summed E-state index contributed by atoms with van der Waals surface area (Å²) in [6.07, 6.45) is 0.944. The first-order valence-corrected chi connectivity index (χ1v) is 9.84. The number of fused-ring (bicyclic) bond motifs is 2. The van der Waals surface area contributed by atoms with E-state index >= 15 is 0 Å². The normalized spacial score (nSPS) is 15.0. The second-order valence-corrected chi connectivity index (χ2v) is 7.42. The monoisotopic (exact) mass is 431 g/mol. The number of rotatable bonds is 3. The average molecular weight is 431 g/mol. The molecule has 0 radical (unpaired) electrons. The molecule has 0 saturated heterocycles. The van der Waals surface area contributed by atoms with Gasteiger partial charge in [-0.2, -0.15) is 18.3 Å². The lowest BCUT2D eigenvalue weighted by atomic mass is 10.0. The van der Waals surface area contributed by atoms with Crippen LogP contribution < -0.4 is 5.32 Å². The van der Waals surface area contributed by atoms with Gasteiger partial charge in [-0.1, -0.05) is 42.5 Å². The third-order valence-corrected chi connectivity index (χ3v) is 5.31. The van der Waals surface area contributed by atoms with Gasteiger partial charge in [-0.3, -0.25) is 9.89 Å². The van der Waals surface area contributed by atoms with Gasteiger partial charge in [0, 0.05) is 22.2 Å². The first-order chi connectivity index (χ1) is 15.4. The number of alkyl halides is 3. The van der Waals surface area contributed by atoms with Gasteiger partial charge in [-0.15, -0.1) is 0 Å². The summed E-state index contributed by atoms with van der Waals surface area (Å²) in [5.41, 5.74) is 4.52. The molecule has 1 aliphatic heterocycles. The van der Waals surface area contributed by atoms with E-state index in [9.17, 15) is 18.0 Å². The molecule has 1 aromatic heterocycles. The molecule has 0 bridgehead atoms. The Morgan fingerprint density at radius 1 is 0.875 bits per heavy atom. The molecule has 2 heterocycles. The van der Waals surface area contributed by atoms with Gasteiger partial charge in [0.2, 0.25) is 0 Å². The largest absolute Gasteiger partial charge is 0.416 e. The van der Waals surface area contributed by atoms with Crippen molar-refractivity contribution in [2.75, 3.05) is 5.32 Å². The molecule has 4 nitrogen and oxygen atoms in total. The molecular weight excluding hydrogens is 415 g/mol. The van der Waals surface area contributed by atoms with Crippen molar-refractivity contribution >= 4 is 46.3 Å². The number of halogens is 3. The van der Waals surface area contributed by atoms with E-state index < -0.39 is 11.7 Å². The van der Waals surface area contributed by atoms with Gasteiger partial charge in [0.1, 0.15) is 0 Å². The molecule has 0 saturated carbocycles. The fourth-order valence-corrected chi connectivity index (χ4v) is 3.68. The predicted molar refractivity (Wildman–Crippen MR) is 119 cm³/mol. The van der Waals surface area contributed by atoms with Crippen molar-refractivity contribution < 1.29 is 18.0 Å². The highest BCUT2D eigenvalue weighted by Crippen LogP contribution is 2.33. The maximum atomic E-state index is 12.7. The number of amides is 1. The van der Waals surface area contributed by atoms with Crippen molar-refractivity contribution in [2.24, 2.45) is 0 Å². The molecule has 0 aliphatic carbocycles. The number of aromatic nitrogens is 2. The van der Waals surface area contributed by atoms with E-state index in [1.165, 1.54) is 12.1 Å². The molecule has 1 amide bonds. The summed E-state index contributed by atoms with van der Waals surface area (Å²) in [6.45, 7) is 0. The predicted octanol–water partition coefficient (Wildman–Crippen LogP) is 6.24. The first kappa shape index (κ1) is 19.8. The zero-order chi connectivity index (χ0) is 22.3. The van der Waals surface area contributed by atoms with Crippen LogP contribution in [0.15, 0.2) is 66.7 Å². The SMILES string of the molecule is O=C1Nc2ccccc2C1=Cc1ccc2c(C=Cc3ccc(C(F)(F)F)cc3)n[nH]c2c1. The van der Waals surface area contributed by atoms with Crippen LogP contribution in [0, 0.1) is 0 Å². The van der Waals surface area contributed by atoms with Gasteiger partial charge in [0.15, 0.2) is 0 Å². The van der Waals surface area contributed by atoms with Crippen molar-refractivity contribution in [3.05, 3.63) is 94.7 Å². The van der Waals surface area contributed by atoms with Gasteiger partial charge >= 0.3 is 6.18 Å². The van der Waals surface area contributed by atoms with Gasteiger partial charge < -0.3 is 5.32 Å². The summed E-state index contributed by atoms with van der Waals surface area (Å²) in [5, 5.41) is 11.0. The third-order valence-electron chi connectivity index (χ3n) is 5.31. The summed E-state index contributed by atoms with van der Waals surface area (Å²) in [7, 11) is 0. The summed E-state index contributed by atoms with van der Waals surface area (Å²) >= 11 is 0. The van der Waals surface area contributed by atoms with Crippen molar-refractivity contribution in [1.82, 2.24) is 10.2 Å². The van der Waals surface area contributed by atoms with Gasteiger partial charge in [0.05, 0.1) is 16.8 Å². The molecule has 2 N–H and O–H groups in total. The second-order valence-electron chi connectivity index (χ2n) is 7.42. The van der Waals surface area contributed by atoms with Crippen LogP contribution in [-0.4, -0.2) is 16.1 Å². The standard InChI is InChI=1S/C25H16F3N3O/c26-25(27,28)17-9-5-15(6-10-17)8-12-22-19-11-7-16(14-23(19)31-30-22)13-20-18-3-1-2-4-21(18)29-24(20)32/h1-14H,(H,29,32)(H,30,31). The zero-order valence-electron chi connectivity index (χ0n) is 16.6. The number of carbonyl (C=O) groups is 1.